The standard InChI is InChI=1S/C13H13N3O2S2/c17-20(18,12-4-2-8-19-12)16-7-5-10-9-15-13-11(10)3-1-6-14-13/h1-4,6,8-9,16H,5,7H2,(H,14,15). The molecule has 0 atom stereocenters. The summed E-state index contributed by atoms with van der Waals surface area (Å²) in [7, 11) is -3.38. The molecule has 0 bridgehead atoms. The van der Waals surface area contributed by atoms with Crippen LogP contribution in [0.15, 0.2) is 46.2 Å². The Morgan fingerprint density at radius 3 is 3.00 bits per heavy atom. The van der Waals surface area contributed by atoms with Crippen LogP contribution in [-0.4, -0.2) is 24.9 Å². The minimum absolute atomic E-state index is 0.345. The van der Waals surface area contributed by atoms with Gasteiger partial charge in [0.25, 0.3) is 0 Å². The maximum Gasteiger partial charge on any atom is 0.250 e. The number of H-pyrrole nitrogens is 1. The third-order valence-corrected chi connectivity index (χ3v) is 5.84. The number of aromatic amines is 1. The van der Waals surface area contributed by atoms with Crippen molar-refractivity contribution in [3.05, 3.63) is 47.6 Å². The van der Waals surface area contributed by atoms with E-state index in [1.807, 2.05) is 18.3 Å². The molecule has 20 heavy (non-hydrogen) atoms. The number of thiophene rings is 1. The van der Waals surface area contributed by atoms with Gasteiger partial charge in [-0.1, -0.05) is 6.07 Å². The summed E-state index contributed by atoms with van der Waals surface area (Å²) in [5, 5.41) is 2.78. The van der Waals surface area contributed by atoms with Gasteiger partial charge in [-0.15, -0.1) is 11.3 Å². The molecule has 5 nitrogen and oxygen atoms in total. The quantitative estimate of drug-likeness (QED) is 0.758. The Morgan fingerprint density at radius 2 is 2.20 bits per heavy atom. The lowest BCUT2D eigenvalue weighted by Gasteiger charge is -2.04. The largest absolute Gasteiger partial charge is 0.346 e. The first-order valence-electron chi connectivity index (χ1n) is 6.11. The molecule has 7 heteroatoms. The fraction of sp³-hybridized carbons (Fsp3) is 0.154. The van der Waals surface area contributed by atoms with Crippen LogP contribution in [0.1, 0.15) is 5.56 Å². The van der Waals surface area contributed by atoms with Gasteiger partial charge < -0.3 is 4.98 Å². The van der Waals surface area contributed by atoms with Crippen molar-refractivity contribution in [1.82, 2.24) is 14.7 Å². The Balaban J connectivity index is 1.69. The predicted molar refractivity (Wildman–Crippen MR) is 79.3 cm³/mol. The topological polar surface area (TPSA) is 74.8 Å². The van der Waals surface area contributed by atoms with Crippen molar-refractivity contribution in [2.24, 2.45) is 0 Å². The number of nitrogens with zero attached hydrogens (tertiary/aromatic N) is 1. The van der Waals surface area contributed by atoms with Crippen LogP contribution >= 0.6 is 11.3 Å². The second kappa shape index (κ2) is 5.35. The lowest BCUT2D eigenvalue weighted by Crippen LogP contribution is -2.25. The van der Waals surface area contributed by atoms with Gasteiger partial charge in [-0.05, 0) is 35.6 Å². The summed E-state index contributed by atoms with van der Waals surface area (Å²) in [6, 6.07) is 7.17. The summed E-state index contributed by atoms with van der Waals surface area (Å²) in [5.41, 5.74) is 1.88. The molecular formula is C13H13N3O2S2. The summed E-state index contributed by atoms with van der Waals surface area (Å²) in [6.07, 6.45) is 4.22. The van der Waals surface area contributed by atoms with E-state index in [0.717, 1.165) is 16.6 Å². The number of sulfonamides is 1. The van der Waals surface area contributed by atoms with E-state index in [9.17, 15) is 8.42 Å². The molecule has 3 aromatic heterocycles. The van der Waals surface area contributed by atoms with Gasteiger partial charge in [-0.3, -0.25) is 0 Å². The van der Waals surface area contributed by atoms with Crippen LogP contribution < -0.4 is 4.72 Å². The zero-order valence-electron chi connectivity index (χ0n) is 10.5. The van der Waals surface area contributed by atoms with Crippen LogP contribution in [0.3, 0.4) is 0 Å². The maximum atomic E-state index is 12.0. The van der Waals surface area contributed by atoms with Gasteiger partial charge >= 0.3 is 0 Å². The van der Waals surface area contributed by atoms with Crippen LogP contribution in [0.2, 0.25) is 0 Å². The molecule has 0 aromatic carbocycles. The Labute approximate surface area is 120 Å². The highest BCUT2D eigenvalue weighted by Crippen LogP contribution is 2.17. The Kier molecular flexibility index (Phi) is 3.56. The van der Waals surface area contributed by atoms with E-state index in [0.29, 0.717) is 17.2 Å². The normalized spacial score (nSPS) is 12.0. The maximum absolute atomic E-state index is 12.0. The Bertz CT molecular complexity index is 807. The first-order chi connectivity index (χ1) is 9.67. The average Bonchev–Trinajstić information content (AvgIpc) is 3.08. The lowest BCUT2D eigenvalue weighted by molar-refractivity contribution is 0.584. The van der Waals surface area contributed by atoms with Crippen molar-refractivity contribution in [1.29, 1.82) is 0 Å². The van der Waals surface area contributed by atoms with Gasteiger partial charge in [0.05, 0.1) is 0 Å². The van der Waals surface area contributed by atoms with E-state index in [-0.39, 0.29) is 0 Å². The van der Waals surface area contributed by atoms with E-state index in [1.54, 1.807) is 23.7 Å². The van der Waals surface area contributed by atoms with E-state index >= 15 is 0 Å². The van der Waals surface area contributed by atoms with Crippen LogP contribution in [0.5, 0.6) is 0 Å². The van der Waals surface area contributed by atoms with Crippen molar-refractivity contribution in [3.63, 3.8) is 0 Å². The molecule has 2 N–H and O–H groups in total. The minimum Gasteiger partial charge on any atom is -0.346 e. The van der Waals surface area contributed by atoms with Crippen molar-refractivity contribution < 1.29 is 8.42 Å². The highest BCUT2D eigenvalue weighted by Gasteiger charge is 2.14. The van der Waals surface area contributed by atoms with E-state index < -0.39 is 10.0 Å². The van der Waals surface area contributed by atoms with E-state index in [4.69, 9.17) is 0 Å². The van der Waals surface area contributed by atoms with Gasteiger partial charge in [0, 0.05) is 24.3 Å². The molecule has 104 valence electrons. The summed E-state index contributed by atoms with van der Waals surface area (Å²) >= 11 is 1.21. The monoisotopic (exact) mass is 307 g/mol. The predicted octanol–water partition coefficient (Wildman–Crippen LogP) is 2.15. The molecule has 3 aromatic rings. The lowest BCUT2D eigenvalue weighted by atomic mass is 10.2. The van der Waals surface area contributed by atoms with Crippen molar-refractivity contribution in [3.8, 4) is 0 Å². The molecule has 0 aliphatic rings. The molecule has 0 saturated heterocycles. The fourth-order valence-electron chi connectivity index (χ4n) is 2.03. The number of hydrogen-bond acceptors (Lipinski definition) is 4. The van der Waals surface area contributed by atoms with Gasteiger partial charge in [0.1, 0.15) is 9.86 Å². The van der Waals surface area contributed by atoms with Crippen LogP contribution in [0.25, 0.3) is 11.0 Å². The molecule has 0 radical (unpaired) electrons. The van der Waals surface area contributed by atoms with Gasteiger partial charge in [0.2, 0.25) is 10.0 Å². The van der Waals surface area contributed by atoms with Crippen molar-refractivity contribution in [2.75, 3.05) is 6.54 Å². The molecule has 0 fully saturated rings. The third-order valence-electron chi connectivity index (χ3n) is 2.98. The molecule has 0 aliphatic heterocycles. The fourth-order valence-corrected chi connectivity index (χ4v) is 4.10. The van der Waals surface area contributed by atoms with Gasteiger partial charge in [0.15, 0.2) is 0 Å². The first-order valence-corrected chi connectivity index (χ1v) is 8.47. The van der Waals surface area contributed by atoms with Gasteiger partial charge in [-0.25, -0.2) is 18.1 Å². The second-order valence-electron chi connectivity index (χ2n) is 4.29. The zero-order chi connectivity index (χ0) is 14.0. The van der Waals surface area contributed by atoms with E-state index in [2.05, 4.69) is 14.7 Å². The number of hydrogen-bond donors (Lipinski definition) is 2. The SMILES string of the molecule is O=S(=O)(NCCc1c[nH]c2ncccc12)c1cccs1. The number of fused-ring (bicyclic) bond motifs is 1. The first kappa shape index (κ1) is 13.3. The average molecular weight is 307 g/mol. The number of rotatable bonds is 5. The smallest absolute Gasteiger partial charge is 0.250 e. The molecular weight excluding hydrogens is 294 g/mol. The molecule has 3 rings (SSSR count). The molecule has 0 amide bonds. The minimum atomic E-state index is -3.38. The molecule has 3 heterocycles. The van der Waals surface area contributed by atoms with Gasteiger partial charge in [-0.2, -0.15) is 0 Å². The summed E-state index contributed by atoms with van der Waals surface area (Å²) < 4.78 is 26.9. The van der Waals surface area contributed by atoms with Crippen LogP contribution in [-0.2, 0) is 16.4 Å². The molecule has 0 saturated carbocycles. The number of aromatic nitrogens is 2. The highest BCUT2D eigenvalue weighted by molar-refractivity contribution is 7.91. The molecule has 0 aliphatic carbocycles. The van der Waals surface area contributed by atoms with Crippen molar-refractivity contribution in [2.45, 2.75) is 10.6 Å². The second-order valence-corrected chi connectivity index (χ2v) is 7.23. The Hall–Kier alpha value is -1.70. The van der Waals surface area contributed by atoms with Crippen molar-refractivity contribution >= 4 is 32.4 Å². The Morgan fingerprint density at radius 1 is 1.30 bits per heavy atom. The van der Waals surface area contributed by atoms with Crippen LogP contribution in [0, 0.1) is 0 Å². The molecule has 0 unspecified atom stereocenters. The third kappa shape index (κ3) is 2.60. The highest BCUT2D eigenvalue weighted by atomic mass is 32.2. The number of pyridine rings is 1. The number of nitrogens with one attached hydrogen (secondary N) is 2. The van der Waals surface area contributed by atoms with Crippen LogP contribution in [0.4, 0.5) is 0 Å². The summed E-state index contributed by atoms with van der Waals surface area (Å²) in [5.74, 6) is 0. The van der Waals surface area contributed by atoms with E-state index in [1.165, 1.54) is 11.3 Å². The summed E-state index contributed by atoms with van der Waals surface area (Å²) in [4.78, 5) is 7.28. The zero-order valence-corrected chi connectivity index (χ0v) is 12.2. The molecule has 0 spiro atoms. The summed E-state index contributed by atoms with van der Waals surface area (Å²) in [6.45, 7) is 0.363.